The van der Waals surface area contributed by atoms with Crippen molar-refractivity contribution in [3.63, 3.8) is 0 Å². The van der Waals surface area contributed by atoms with E-state index in [0.29, 0.717) is 5.54 Å². The van der Waals surface area contributed by atoms with Crippen LogP contribution < -0.4 is 5.32 Å². The van der Waals surface area contributed by atoms with Gasteiger partial charge in [0.25, 0.3) is 0 Å². The third-order valence-corrected chi connectivity index (χ3v) is 5.20. The van der Waals surface area contributed by atoms with Crippen LogP contribution in [-0.4, -0.2) is 48.1 Å². The highest BCUT2D eigenvalue weighted by atomic mass is 32.2. The molecule has 17 heavy (non-hydrogen) atoms. The predicted molar refractivity (Wildman–Crippen MR) is 77.9 cm³/mol. The highest BCUT2D eigenvalue weighted by Crippen LogP contribution is 2.31. The van der Waals surface area contributed by atoms with Crippen molar-refractivity contribution in [3.8, 4) is 0 Å². The highest BCUT2D eigenvalue weighted by Gasteiger charge is 2.38. The standard InChI is InChI=1S/C14H28N2S/c1-13-11-15-14(7-4-3-5-8-14)12-16(13)9-6-10-17-2/h13,15H,3-12H2,1-2H3. The molecule has 2 aliphatic rings. The number of nitrogens with one attached hydrogen (secondary N) is 1. The summed E-state index contributed by atoms with van der Waals surface area (Å²) in [5, 5.41) is 3.86. The van der Waals surface area contributed by atoms with E-state index >= 15 is 0 Å². The second-order valence-corrected chi connectivity index (χ2v) is 6.87. The lowest BCUT2D eigenvalue weighted by atomic mass is 9.79. The Balaban J connectivity index is 1.86. The SMILES string of the molecule is CSCCCN1CC2(CCCCC2)NCC1C. The van der Waals surface area contributed by atoms with E-state index in [1.807, 2.05) is 11.8 Å². The molecule has 2 rings (SSSR count). The number of thioether (sulfide) groups is 1. The molecule has 0 aromatic rings. The Labute approximate surface area is 111 Å². The first kappa shape index (κ1) is 13.7. The smallest absolute Gasteiger partial charge is 0.0309 e. The first-order valence-electron chi connectivity index (χ1n) is 7.24. The Kier molecular flexibility index (Phi) is 5.19. The van der Waals surface area contributed by atoms with Gasteiger partial charge >= 0.3 is 0 Å². The summed E-state index contributed by atoms with van der Waals surface area (Å²) in [6.45, 7) is 6.16. The molecule has 1 N–H and O–H groups in total. The van der Waals surface area contributed by atoms with Gasteiger partial charge in [-0.05, 0) is 44.7 Å². The van der Waals surface area contributed by atoms with Crippen molar-refractivity contribution >= 4 is 11.8 Å². The van der Waals surface area contributed by atoms with Crippen molar-refractivity contribution in [1.82, 2.24) is 10.2 Å². The van der Waals surface area contributed by atoms with Crippen LogP contribution >= 0.6 is 11.8 Å². The van der Waals surface area contributed by atoms with Crippen LogP contribution in [0.1, 0.15) is 45.4 Å². The second kappa shape index (κ2) is 6.44. The second-order valence-electron chi connectivity index (χ2n) is 5.89. The summed E-state index contributed by atoms with van der Waals surface area (Å²) in [4.78, 5) is 2.73. The van der Waals surface area contributed by atoms with E-state index in [4.69, 9.17) is 0 Å². The minimum atomic E-state index is 0.476. The van der Waals surface area contributed by atoms with Gasteiger partial charge in [-0.2, -0.15) is 11.8 Å². The van der Waals surface area contributed by atoms with E-state index in [-0.39, 0.29) is 0 Å². The Morgan fingerprint density at radius 2 is 2.06 bits per heavy atom. The molecule has 1 unspecified atom stereocenters. The normalized spacial score (nSPS) is 29.6. The summed E-state index contributed by atoms with van der Waals surface area (Å²) in [6.07, 6.45) is 10.7. The van der Waals surface area contributed by atoms with E-state index in [9.17, 15) is 0 Å². The summed E-state index contributed by atoms with van der Waals surface area (Å²) >= 11 is 1.98. The molecule has 1 saturated heterocycles. The van der Waals surface area contributed by atoms with E-state index in [1.54, 1.807) is 0 Å². The van der Waals surface area contributed by atoms with Gasteiger partial charge in [0.1, 0.15) is 0 Å². The van der Waals surface area contributed by atoms with Crippen molar-refractivity contribution in [2.75, 3.05) is 31.6 Å². The lowest BCUT2D eigenvalue weighted by molar-refractivity contribution is 0.0632. The van der Waals surface area contributed by atoms with Gasteiger partial charge in [0.2, 0.25) is 0 Å². The Morgan fingerprint density at radius 3 is 2.76 bits per heavy atom. The molecule has 1 saturated carbocycles. The van der Waals surface area contributed by atoms with E-state index in [0.717, 1.165) is 6.04 Å². The molecule has 3 heteroatoms. The maximum Gasteiger partial charge on any atom is 0.0309 e. The maximum absolute atomic E-state index is 3.86. The molecule has 100 valence electrons. The molecule has 1 aliphatic heterocycles. The summed E-state index contributed by atoms with van der Waals surface area (Å²) in [6, 6.07) is 0.726. The van der Waals surface area contributed by atoms with Gasteiger partial charge in [0.05, 0.1) is 0 Å². The summed E-state index contributed by atoms with van der Waals surface area (Å²) in [5.41, 5.74) is 0.476. The third kappa shape index (κ3) is 3.62. The third-order valence-electron chi connectivity index (χ3n) is 4.51. The highest BCUT2D eigenvalue weighted by molar-refractivity contribution is 7.98. The fourth-order valence-electron chi connectivity index (χ4n) is 3.37. The quantitative estimate of drug-likeness (QED) is 0.779. The Hall–Kier alpha value is 0.270. The molecule has 1 atom stereocenters. The lowest BCUT2D eigenvalue weighted by Crippen LogP contribution is -2.64. The monoisotopic (exact) mass is 256 g/mol. The van der Waals surface area contributed by atoms with Crippen LogP contribution in [0.25, 0.3) is 0 Å². The van der Waals surface area contributed by atoms with E-state index in [2.05, 4.69) is 23.4 Å². The van der Waals surface area contributed by atoms with Crippen molar-refractivity contribution in [2.24, 2.45) is 0 Å². The molecule has 1 aliphatic carbocycles. The molecule has 0 radical (unpaired) electrons. The van der Waals surface area contributed by atoms with Crippen LogP contribution in [0.5, 0.6) is 0 Å². The van der Waals surface area contributed by atoms with Gasteiger partial charge < -0.3 is 5.32 Å². The summed E-state index contributed by atoms with van der Waals surface area (Å²) in [7, 11) is 0. The minimum absolute atomic E-state index is 0.476. The van der Waals surface area contributed by atoms with Gasteiger partial charge in [-0.3, -0.25) is 4.90 Å². The average Bonchev–Trinajstić information content (AvgIpc) is 2.35. The Morgan fingerprint density at radius 1 is 1.29 bits per heavy atom. The molecule has 0 aromatic carbocycles. The maximum atomic E-state index is 3.86. The predicted octanol–water partition coefficient (Wildman–Crippen LogP) is 2.74. The molecular weight excluding hydrogens is 228 g/mol. The molecule has 2 fully saturated rings. The number of hydrogen-bond acceptors (Lipinski definition) is 3. The van der Waals surface area contributed by atoms with Gasteiger partial charge in [-0.25, -0.2) is 0 Å². The summed E-state index contributed by atoms with van der Waals surface area (Å²) in [5.74, 6) is 1.31. The number of rotatable bonds is 4. The number of hydrogen-bond donors (Lipinski definition) is 1. The van der Waals surface area contributed by atoms with E-state index < -0.39 is 0 Å². The first-order chi connectivity index (χ1) is 8.26. The van der Waals surface area contributed by atoms with Crippen LogP contribution in [0.3, 0.4) is 0 Å². The van der Waals surface area contributed by atoms with Gasteiger partial charge in [0.15, 0.2) is 0 Å². The number of piperazine rings is 1. The first-order valence-corrected chi connectivity index (χ1v) is 8.63. The average molecular weight is 256 g/mol. The number of nitrogens with zero attached hydrogens (tertiary/aromatic N) is 1. The van der Waals surface area contributed by atoms with Crippen LogP contribution in [0.4, 0.5) is 0 Å². The van der Waals surface area contributed by atoms with Crippen LogP contribution in [0, 0.1) is 0 Å². The zero-order chi connectivity index (χ0) is 12.1. The van der Waals surface area contributed by atoms with Gasteiger partial charge in [-0.1, -0.05) is 19.3 Å². The zero-order valence-corrected chi connectivity index (χ0v) is 12.3. The Bertz CT molecular complexity index is 226. The molecule has 1 spiro atoms. The molecule has 1 heterocycles. The lowest BCUT2D eigenvalue weighted by Gasteiger charge is -2.49. The molecular formula is C14H28N2S. The minimum Gasteiger partial charge on any atom is -0.308 e. The molecule has 0 bridgehead atoms. The molecule has 2 nitrogen and oxygen atoms in total. The van der Waals surface area contributed by atoms with Crippen LogP contribution in [-0.2, 0) is 0 Å². The fourth-order valence-corrected chi connectivity index (χ4v) is 3.79. The zero-order valence-electron chi connectivity index (χ0n) is 11.5. The van der Waals surface area contributed by atoms with Gasteiger partial charge in [-0.15, -0.1) is 0 Å². The fraction of sp³-hybridized carbons (Fsp3) is 1.00. The topological polar surface area (TPSA) is 15.3 Å². The van der Waals surface area contributed by atoms with Crippen molar-refractivity contribution in [1.29, 1.82) is 0 Å². The molecule has 0 aromatic heterocycles. The van der Waals surface area contributed by atoms with Crippen LogP contribution in [0.2, 0.25) is 0 Å². The van der Waals surface area contributed by atoms with Crippen LogP contribution in [0.15, 0.2) is 0 Å². The van der Waals surface area contributed by atoms with Crippen molar-refractivity contribution < 1.29 is 0 Å². The van der Waals surface area contributed by atoms with Crippen molar-refractivity contribution in [2.45, 2.75) is 57.0 Å². The molecule has 0 amide bonds. The van der Waals surface area contributed by atoms with Gasteiger partial charge in [0, 0.05) is 24.7 Å². The largest absolute Gasteiger partial charge is 0.308 e. The summed E-state index contributed by atoms with van der Waals surface area (Å²) < 4.78 is 0. The van der Waals surface area contributed by atoms with E-state index in [1.165, 1.54) is 63.9 Å². The van der Waals surface area contributed by atoms with Crippen molar-refractivity contribution in [3.05, 3.63) is 0 Å².